The predicted octanol–water partition coefficient (Wildman–Crippen LogP) is 1.82. The minimum Gasteiger partial charge on any atom is -0.477 e. The van der Waals surface area contributed by atoms with Gasteiger partial charge in [-0.05, 0) is 24.5 Å². The molecule has 2 fully saturated rings. The molecule has 1 unspecified atom stereocenters. The first kappa shape index (κ1) is 16.2. The zero-order valence-corrected chi connectivity index (χ0v) is 12.9. The number of allylic oxidation sites excluding steroid dienone is 1. The molecular formula is C14H15F3N2O3S. The van der Waals surface area contributed by atoms with E-state index in [0.717, 1.165) is 11.3 Å². The van der Waals surface area contributed by atoms with Gasteiger partial charge in [-0.3, -0.25) is 4.79 Å². The molecule has 23 heavy (non-hydrogen) atoms. The number of fused-ring (bicyclic) bond motifs is 1. The average molecular weight is 348 g/mol. The molecule has 1 amide bonds. The van der Waals surface area contributed by atoms with Crippen molar-refractivity contribution in [2.24, 2.45) is 0 Å². The Labute approximate surface area is 134 Å². The van der Waals surface area contributed by atoms with E-state index in [1.807, 2.05) is 0 Å². The van der Waals surface area contributed by atoms with E-state index in [2.05, 4.69) is 0 Å². The molecule has 2 saturated heterocycles. The number of alkyl halides is 3. The quantitative estimate of drug-likeness (QED) is 0.789. The zero-order chi connectivity index (χ0) is 16.8. The molecule has 1 atom stereocenters. The van der Waals surface area contributed by atoms with Crippen molar-refractivity contribution >= 4 is 23.6 Å². The van der Waals surface area contributed by atoms with Crippen LogP contribution < -0.4 is 0 Å². The summed E-state index contributed by atoms with van der Waals surface area (Å²) in [5, 5.41) is 9.55. The van der Waals surface area contributed by atoms with E-state index in [1.165, 1.54) is 6.08 Å². The Balaban J connectivity index is 1.83. The van der Waals surface area contributed by atoms with Crippen molar-refractivity contribution in [2.75, 3.05) is 25.4 Å². The van der Waals surface area contributed by atoms with Crippen LogP contribution in [0, 0.1) is 0 Å². The van der Waals surface area contributed by atoms with Gasteiger partial charge in [0.05, 0.1) is 5.37 Å². The lowest BCUT2D eigenvalue weighted by Crippen LogP contribution is -2.49. The average Bonchev–Trinajstić information content (AvgIpc) is 2.72. The van der Waals surface area contributed by atoms with Crippen LogP contribution in [0.5, 0.6) is 0 Å². The number of rotatable bonds is 3. The number of carbonyl (C=O) groups is 2. The number of hydrogen-bond donors (Lipinski definition) is 1. The van der Waals surface area contributed by atoms with Gasteiger partial charge in [-0.1, -0.05) is 0 Å². The molecule has 3 aliphatic heterocycles. The summed E-state index contributed by atoms with van der Waals surface area (Å²) in [6.45, 7) is -0.601. The fraction of sp³-hybridized carbons (Fsp3) is 0.571. The van der Waals surface area contributed by atoms with Gasteiger partial charge in [0.1, 0.15) is 12.2 Å². The van der Waals surface area contributed by atoms with Crippen molar-refractivity contribution in [2.45, 2.75) is 24.4 Å². The Bertz CT molecular complexity index is 615. The molecule has 0 aromatic carbocycles. The molecule has 9 heteroatoms. The maximum atomic E-state index is 12.4. The monoisotopic (exact) mass is 348 g/mol. The molecule has 3 heterocycles. The number of amides is 1. The lowest BCUT2D eigenvalue weighted by molar-refractivity contribution is -0.156. The normalized spacial score (nSPS) is 26.7. The third kappa shape index (κ3) is 3.19. The van der Waals surface area contributed by atoms with Crippen molar-refractivity contribution in [3.63, 3.8) is 0 Å². The summed E-state index contributed by atoms with van der Waals surface area (Å²) in [5.74, 6) is -1.26. The summed E-state index contributed by atoms with van der Waals surface area (Å²) in [6.07, 6.45) is -1.82. The number of hydrogen-bond acceptors (Lipinski definition) is 4. The fourth-order valence-electron chi connectivity index (χ4n) is 2.98. The number of carbonyl (C=O) groups excluding carboxylic acids is 1. The van der Waals surface area contributed by atoms with Crippen LogP contribution in [0.4, 0.5) is 13.2 Å². The van der Waals surface area contributed by atoms with Gasteiger partial charge in [0.2, 0.25) is 5.91 Å². The molecule has 0 aromatic heterocycles. The number of nitrogens with zero attached hydrogens (tertiary/aromatic N) is 2. The Morgan fingerprint density at radius 1 is 1.39 bits per heavy atom. The number of carboxylic acid groups (broad SMARTS) is 1. The Kier molecular flexibility index (Phi) is 4.07. The number of thioether (sulfide) groups is 1. The minimum atomic E-state index is -4.43. The van der Waals surface area contributed by atoms with Gasteiger partial charge in [-0.25, -0.2) is 4.79 Å². The SMILES string of the molecule is O=C(O)C1=C(C=C2CCN(CC(F)(F)F)C2=O)CSC2CCN12. The van der Waals surface area contributed by atoms with Crippen molar-refractivity contribution in [1.29, 1.82) is 0 Å². The van der Waals surface area contributed by atoms with Crippen molar-refractivity contribution in [1.82, 2.24) is 9.80 Å². The van der Waals surface area contributed by atoms with E-state index < -0.39 is 24.6 Å². The van der Waals surface area contributed by atoms with Crippen LogP contribution in [0.3, 0.4) is 0 Å². The highest BCUT2D eigenvalue weighted by molar-refractivity contribution is 8.00. The molecule has 3 rings (SSSR count). The molecule has 126 valence electrons. The highest BCUT2D eigenvalue weighted by Gasteiger charge is 2.40. The van der Waals surface area contributed by atoms with Gasteiger partial charge >= 0.3 is 12.1 Å². The number of likely N-dealkylation sites (tertiary alicyclic amines) is 1. The third-order valence-electron chi connectivity index (χ3n) is 4.12. The first-order valence-corrected chi connectivity index (χ1v) is 8.22. The molecule has 1 N–H and O–H groups in total. The molecule has 0 bridgehead atoms. The molecule has 0 aromatic rings. The topological polar surface area (TPSA) is 60.9 Å². The Morgan fingerprint density at radius 3 is 2.70 bits per heavy atom. The molecule has 5 nitrogen and oxygen atoms in total. The maximum absolute atomic E-state index is 12.4. The second-order valence-electron chi connectivity index (χ2n) is 5.69. The van der Waals surface area contributed by atoms with Crippen LogP contribution in [-0.2, 0) is 9.59 Å². The van der Waals surface area contributed by atoms with E-state index in [0.29, 0.717) is 17.9 Å². The largest absolute Gasteiger partial charge is 0.477 e. The van der Waals surface area contributed by atoms with Gasteiger partial charge in [0.25, 0.3) is 0 Å². The lowest BCUT2D eigenvalue weighted by atomic mass is 10.1. The van der Waals surface area contributed by atoms with E-state index in [-0.39, 0.29) is 29.6 Å². The molecule has 0 aliphatic carbocycles. The summed E-state index contributed by atoms with van der Waals surface area (Å²) in [6, 6.07) is 0. The fourth-order valence-corrected chi connectivity index (χ4v) is 4.24. The number of halogens is 3. The summed E-state index contributed by atoms with van der Waals surface area (Å²) in [4.78, 5) is 26.1. The third-order valence-corrected chi connectivity index (χ3v) is 5.47. The van der Waals surface area contributed by atoms with Gasteiger partial charge in [-0.2, -0.15) is 13.2 Å². The lowest BCUT2D eigenvalue weighted by Gasteiger charge is -2.46. The summed E-state index contributed by atoms with van der Waals surface area (Å²) in [5.41, 5.74) is 0.938. The van der Waals surface area contributed by atoms with Crippen LogP contribution in [0.25, 0.3) is 0 Å². The van der Waals surface area contributed by atoms with Crippen LogP contribution in [0.1, 0.15) is 12.8 Å². The number of carboxylic acids is 1. The van der Waals surface area contributed by atoms with Gasteiger partial charge in [0.15, 0.2) is 0 Å². The van der Waals surface area contributed by atoms with E-state index in [4.69, 9.17) is 0 Å². The molecule has 0 spiro atoms. The second-order valence-corrected chi connectivity index (χ2v) is 6.85. The summed E-state index contributed by atoms with van der Waals surface area (Å²) in [7, 11) is 0. The second kappa shape index (κ2) is 5.77. The highest BCUT2D eigenvalue weighted by atomic mass is 32.2. The Hall–Kier alpha value is -1.64. The van der Waals surface area contributed by atoms with E-state index in [1.54, 1.807) is 16.7 Å². The first-order chi connectivity index (χ1) is 10.8. The van der Waals surface area contributed by atoms with Crippen molar-refractivity contribution < 1.29 is 27.9 Å². The van der Waals surface area contributed by atoms with Crippen molar-refractivity contribution in [3.05, 3.63) is 22.9 Å². The predicted molar refractivity (Wildman–Crippen MR) is 77.6 cm³/mol. The van der Waals surface area contributed by atoms with Gasteiger partial charge in [0, 0.05) is 24.4 Å². The highest BCUT2D eigenvalue weighted by Crippen LogP contribution is 2.40. The maximum Gasteiger partial charge on any atom is 0.406 e. The first-order valence-electron chi connectivity index (χ1n) is 7.17. The smallest absolute Gasteiger partial charge is 0.406 e. The van der Waals surface area contributed by atoms with Gasteiger partial charge in [-0.15, -0.1) is 11.8 Å². The number of aliphatic carboxylic acids is 1. The minimum absolute atomic E-state index is 0.0132. The Morgan fingerprint density at radius 2 is 2.13 bits per heavy atom. The van der Waals surface area contributed by atoms with Crippen molar-refractivity contribution in [3.8, 4) is 0 Å². The summed E-state index contributed by atoms with van der Waals surface area (Å²) >= 11 is 1.59. The summed E-state index contributed by atoms with van der Waals surface area (Å²) < 4.78 is 37.3. The van der Waals surface area contributed by atoms with E-state index >= 15 is 0 Å². The van der Waals surface area contributed by atoms with Gasteiger partial charge < -0.3 is 14.9 Å². The van der Waals surface area contributed by atoms with Crippen LogP contribution in [0.2, 0.25) is 0 Å². The molecule has 0 radical (unpaired) electrons. The van der Waals surface area contributed by atoms with Crippen LogP contribution >= 0.6 is 11.8 Å². The molecular weight excluding hydrogens is 333 g/mol. The van der Waals surface area contributed by atoms with E-state index in [9.17, 15) is 27.9 Å². The molecule has 0 saturated carbocycles. The molecule has 3 aliphatic rings. The standard InChI is InChI=1S/C14H15F3N2O3S/c15-14(16,17)7-18-3-1-8(12(18)20)5-9-6-23-10-2-4-19(10)11(9)13(21)22/h5,10H,1-4,6-7H2,(H,21,22). The van der Waals surface area contributed by atoms with Crippen LogP contribution in [0.15, 0.2) is 22.9 Å². The zero-order valence-electron chi connectivity index (χ0n) is 12.1. The van der Waals surface area contributed by atoms with Crippen LogP contribution in [-0.4, -0.2) is 63.7 Å².